The Morgan fingerprint density at radius 3 is 2.52 bits per heavy atom. The first-order chi connectivity index (χ1) is 12.9. The molecule has 142 valence electrons. The maximum absolute atomic E-state index is 14.2. The van der Waals surface area contributed by atoms with Gasteiger partial charge < -0.3 is 15.4 Å². The molecule has 1 amide bonds. The van der Waals surface area contributed by atoms with Crippen molar-refractivity contribution in [3.05, 3.63) is 59.4 Å². The van der Waals surface area contributed by atoms with Gasteiger partial charge in [-0.2, -0.15) is 0 Å². The molecular weight excluding hydrogens is 357 g/mol. The smallest absolute Gasteiger partial charge is 0.225 e. The van der Waals surface area contributed by atoms with Crippen LogP contribution in [0.3, 0.4) is 0 Å². The molecule has 0 saturated heterocycles. The summed E-state index contributed by atoms with van der Waals surface area (Å²) in [6, 6.07) is 7.68. The molecule has 7 heteroatoms. The van der Waals surface area contributed by atoms with Crippen molar-refractivity contribution in [2.24, 2.45) is 5.92 Å². The van der Waals surface area contributed by atoms with Crippen molar-refractivity contribution in [2.75, 3.05) is 13.2 Å². The van der Waals surface area contributed by atoms with E-state index in [9.17, 15) is 18.0 Å². The number of aliphatic hydroxyl groups is 1. The molecule has 4 nitrogen and oxygen atoms in total. The number of carbonyl (C=O) groups is 1. The second-order valence-corrected chi connectivity index (χ2v) is 6.42. The Hall–Kier alpha value is -2.80. The first kappa shape index (κ1) is 19.0. The van der Waals surface area contributed by atoms with Crippen molar-refractivity contribution in [1.82, 2.24) is 10.3 Å². The molecule has 1 heterocycles. The number of hydrogen-bond donors (Lipinski definition) is 3. The topological polar surface area (TPSA) is 65.1 Å². The van der Waals surface area contributed by atoms with Crippen LogP contribution >= 0.6 is 0 Å². The fraction of sp³-hybridized carbons (Fsp3) is 0.250. The molecule has 0 radical (unpaired) electrons. The lowest BCUT2D eigenvalue weighted by Gasteiger charge is -2.10. The van der Waals surface area contributed by atoms with Gasteiger partial charge in [-0.25, -0.2) is 13.2 Å². The summed E-state index contributed by atoms with van der Waals surface area (Å²) in [5.41, 5.74) is 1.93. The minimum Gasteiger partial charge on any atom is -0.396 e. The number of amides is 1. The number of aromatic amines is 1. The third kappa shape index (κ3) is 3.98. The van der Waals surface area contributed by atoms with E-state index in [-0.39, 0.29) is 24.6 Å². The Morgan fingerprint density at radius 1 is 1.15 bits per heavy atom. The molecule has 3 N–H and O–H groups in total. The lowest BCUT2D eigenvalue weighted by atomic mass is 10.0. The van der Waals surface area contributed by atoms with E-state index in [0.717, 1.165) is 6.07 Å². The molecule has 1 aromatic heterocycles. The first-order valence-electron chi connectivity index (χ1n) is 8.54. The van der Waals surface area contributed by atoms with Crippen LogP contribution in [0.1, 0.15) is 12.5 Å². The molecule has 3 rings (SSSR count). The summed E-state index contributed by atoms with van der Waals surface area (Å²) in [5.74, 6) is -2.68. The first-order valence-corrected chi connectivity index (χ1v) is 8.54. The van der Waals surface area contributed by atoms with Crippen LogP contribution in [0, 0.1) is 23.4 Å². The quantitative estimate of drug-likeness (QED) is 0.616. The zero-order chi connectivity index (χ0) is 19.6. The summed E-state index contributed by atoms with van der Waals surface area (Å²) < 4.78 is 41.2. The fourth-order valence-corrected chi connectivity index (χ4v) is 2.96. The monoisotopic (exact) mass is 376 g/mol. The average molecular weight is 376 g/mol. The third-order valence-electron chi connectivity index (χ3n) is 4.46. The van der Waals surface area contributed by atoms with E-state index in [0.29, 0.717) is 28.6 Å². The van der Waals surface area contributed by atoms with Gasteiger partial charge in [0.2, 0.25) is 5.91 Å². The van der Waals surface area contributed by atoms with E-state index in [2.05, 4.69) is 10.3 Å². The van der Waals surface area contributed by atoms with Gasteiger partial charge >= 0.3 is 0 Å². The zero-order valence-electron chi connectivity index (χ0n) is 14.7. The van der Waals surface area contributed by atoms with Crippen molar-refractivity contribution in [1.29, 1.82) is 0 Å². The number of aliphatic hydroxyl groups excluding tert-OH is 1. The molecule has 27 heavy (non-hydrogen) atoms. The summed E-state index contributed by atoms with van der Waals surface area (Å²) in [5, 5.41) is 12.1. The number of hydrogen-bond acceptors (Lipinski definition) is 2. The molecule has 2 aromatic carbocycles. The van der Waals surface area contributed by atoms with Crippen LogP contribution in [0.2, 0.25) is 0 Å². The van der Waals surface area contributed by atoms with Gasteiger partial charge in [0.1, 0.15) is 17.5 Å². The van der Waals surface area contributed by atoms with Crippen LogP contribution in [0.15, 0.2) is 36.4 Å². The lowest BCUT2D eigenvalue weighted by molar-refractivity contribution is -0.125. The standard InChI is InChI=1S/C20H19F3N2O2/c1-11(10-26)20(27)24-7-6-15-16-8-14(22)9-17(23)19(16)25-18(15)12-2-4-13(21)5-3-12/h2-5,8-9,11,25-26H,6-7,10H2,1H3,(H,24,27). The van der Waals surface area contributed by atoms with Crippen LogP contribution in [-0.2, 0) is 11.2 Å². The van der Waals surface area contributed by atoms with Gasteiger partial charge in [-0.3, -0.25) is 4.79 Å². The molecule has 0 fully saturated rings. The van der Waals surface area contributed by atoms with Gasteiger partial charge in [0.05, 0.1) is 18.0 Å². The molecule has 1 unspecified atom stereocenters. The highest BCUT2D eigenvalue weighted by atomic mass is 19.1. The highest BCUT2D eigenvalue weighted by Gasteiger charge is 2.18. The number of fused-ring (bicyclic) bond motifs is 1. The van der Waals surface area contributed by atoms with Crippen molar-refractivity contribution in [3.63, 3.8) is 0 Å². The van der Waals surface area contributed by atoms with Crippen LogP contribution in [0.5, 0.6) is 0 Å². The van der Waals surface area contributed by atoms with Gasteiger partial charge in [-0.1, -0.05) is 6.92 Å². The molecule has 0 saturated carbocycles. The second-order valence-electron chi connectivity index (χ2n) is 6.42. The highest BCUT2D eigenvalue weighted by molar-refractivity contribution is 5.91. The van der Waals surface area contributed by atoms with Crippen molar-refractivity contribution < 1.29 is 23.1 Å². The number of aromatic nitrogens is 1. The molecule has 0 aliphatic rings. The van der Waals surface area contributed by atoms with Crippen LogP contribution in [-0.4, -0.2) is 29.1 Å². The van der Waals surface area contributed by atoms with E-state index in [1.54, 1.807) is 19.1 Å². The molecule has 0 bridgehead atoms. The second kappa shape index (κ2) is 7.84. The van der Waals surface area contributed by atoms with Crippen molar-refractivity contribution >= 4 is 16.8 Å². The van der Waals surface area contributed by atoms with E-state index in [1.165, 1.54) is 18.2 Å². The summed E-state index contributed by atoms with van der Waals surface area (Å²) in [4.78, 5) is 14.8. The zero-order valence-corrected chi connectivity index (χ0v) is 14.7. The Labute approximate surface area is 154 Å². The molecule has 3 aromatic rings. The fourth-order valence-electron chi connectivity index (χ4n) is 2.96. The Morgan fingerprint density at radius 2 is 1.85 bits per heavy atom. The lowest BCUT2D eigenvalue weighted by Crippen LogP contribution is -2.32. The van der Waals surface area contributed by atoms with E-state index in [4.69, 9.17) is 5.11 Å². The van der Waals surface area contributed by atoms with Crippen molar-refractivity contribution in [3.8, 4) is 11.3 Å². The largest absolute Gasteiger partial charge is 0.396 e. The number of nitrogens with one attached hydrogen (secondary N) is 2. The minimum absolute atomic E-state index is 0.153. The van der Waals surface area contributed by atoms with Gasteiger partial charge in [0, 0.05) is 23.7 Å². The van der Waals surface area contributed by atoms with Crippen molar-refractivity contribution in [2.45, 2.75) is 13.3 Å². The number of rotatable bonds is 6. The average Bonchev–Trinajstić information content (AvgIpc) is 3.00. The maximum Gasteiger partial charge on any atom is 0.225 e. The Bertz CT molecular complexity index is 968. The highest BCUT2D eigenvalue weighted by Crippen LogP contribution is 2.32. The van der Waals surface area contributed by atoms with Crippen LogP contribution in [0.4, 0.5) is 13.2 Å². The van der Waals surface area contributed by atoms with E-state index in [1.807, 2.05) is 0 Å². The van der Waals surface area contributed by atoms with Crippen LogP contribution in [0.25, 0.3) is 22.2 Å². The van der Waals surface area contributed by atoms with Gasteiger partial charge in [-0.15, -0.1) is 0 Å². The van der Waals surface area contributed by atoms with Gasteiger partial charge in [0.25, 0.3) is 0 Å². The summed E-state index contributed by atoms with van der Waals surface area (Å²) in [6.07, 6.45) is 0.305. The molecule has 0 spiro atoms. The SMILES string of the molecule is CC(CO)C(=O)NCCc1c(-c2ccc(F)cc2)[nH]c2c(F)cc(F)cc12. The minimum atomic E-state index is -0.724. The maximum atomic E-state index is 14.2. The number of halogens is 3. The summed E-state index contributed by atoms with van der Waals surface area (Å²) in [6.45, 7) is 1.55. The summed E-state index contributed by atoms with van der Waals surface area (Å²) in [7, 11) is 0. The van der Waals surface area contributed by atoms with Gasteiger partial charge in [-0.05, 0) is 47.9 Å². The predicted molar refractivity (Wildman–Crippen MR) is 96.6 cm³/mol. The molecule has 0 aliphatic carbocycles. The van der Waals surface area contributed by atoms with Crippen LogP contribution < -0.4 is 5.32 Å². The number of benzene rings is 2. The van der Waals surface area contributed by atoms with E-state index < -0.39 is 23.4 Å². The predicted octanol–water partition coefficient (Wildman–Crippen LogP) is 3.54. The molecular formula is C20H19F3N2O2. The normalized spacial score (nSPS) is 12.3. The summed E-state index contributed by atoms with van der Waals surface area (Å²) >= 11 is 0. The molecule has 0 aliphatic heterocycles. The van der Waals surface area contributed by atoms with Gasteiger partial charge in [0.15, 0.2) is 0 Å². The Balaban J connectivity index is 1.99. The Kier molecular flexibility index (Phi) is 5.51. The van der Waals surface area contributed by atoms with E-state index >= 15 is 0 Å². The number of H-pyrrole nitrogens is 1. The third-order valence-corrected chi connectivity index (χ3v) is 4.46. The molecule has 1 atom stereocenters. The number of carbonyl (C=O) groups excluding carboxylic acids is 1.